The van der Waals surface area contributed by atoms with Gasteiger partial charge in [0.05, 0.1) is 23.0 Å². The number of hydrogen-bond acceptors (Lipinski definition) is 6. The van der Waals surface area contributed by atoms with Gasteiger partial charge in [-0.2, -0.15) is 0 Å². The topological polar surface area (TPSA) is 96.7 Å². The van der Waals surface area contributed by atoms with Gasteiger partial charge in [-0.3, -0.25) is 9.69 Å². The van der Waals surface area contributed by atoms with E-state index >= 15 is 0 Å². The summed E-state index contributed by atoms with van der Waals surface area (Å²) in [5, 5.41) is 6.72. The maximum absolute atomic E-state index is 12.2. The number of benzene rings is 1. The van der Waals surface area contributed by atoms with E-state index in [4.69, 9.17) is 10.5 Å². The third-order valence-corrected chi connectivity index (χ3v) is 5.17. The third-order valence-electron chi connectivity index (χ3n) is 4.25. The van der Waals surface area contributed by atoms with Crippen molar-refractivity contribution in [3.8, 4) is 0 Å². The molecule has 0 spiro atoms. The molecular weight excluding hydrogens is 364 g/mol. The van der Waals surface area contributed by atoms with Gasteiger partial charge in [-0.25, -0.2) is 4.79 Å². The van der Waals surface area contributed by atoms with E-state index in [0.717, 1.165) is 30.8 Å². The number of hydrogen-bond donors (Lipinski definition) is 3. The van der Waals surface area contributed by atoms with Gasteiger partial charge in [-0.1, -0.05) is 13.3 Å². The molecule has 0 bridgehead atoms. The molecule has 2 heterocycles. The highest BCUT2D eigenvalue weighted by molar-refractivity contribution is 7.17. The molecule has 1 atom stereocenters. The van der Waals surface area contributed by atoms with Crippen molar-refractivity contribution in [3.05, 3.63) is 41.3 Å². The van der Waals surface area contributed by atoms with Gasteiger partial charge >= 0.3 is 6.09 Å². The average Bonchev–Trinajstić information content (AvgIpc) is 3.26. The number of thiophene rings is 1. The van der Waals surface area contributed by atoms with Crippen LogP contribution in [-0.4, -0.2) is 37.7 Å². The first-order valence-corrected chi connectivity index (χ1v) is 9.84. The van der Waals surface area contributed by atoms with Crippen LogP contribution in [0, 0.1) is 0 Å². The molecule has 1 aromatic carbocycles. The fraction of sp³-hybridized carbons (Fsp3) is 0.368. The second-order valence-electron chi connectivity index (χ2n) is 6.36. The summed E-state index contributed by atoms with van der Waals surface area (Å²) in [6.07, 6.45) is 1.47. The van der Waals surface area contributed by atoms with Crippen molar-refractivity contribution < 1.29 is 14.3 Å². The summed E-state index contributed by atoms with van der Waals surface area (Å²) in [7, 11) is 0. The van der Waals surface area contributed by atoms with Gasteiger partial charge in [0.15, 0.2) is 0 Å². The fourth-order valence-corrected chi connectivity index (χ4v) is 3.47. The minimum Gasteiger partial charge on any atom is -0.442 e. The molecule has 2 aromatic rings. The van der Waals surface area contributed by atoms with Gasteiger partial charge in [0.2, 0.25) is 0 Å². The number of nitrogens with zero attached hydrogens (tertiary/aromatic N) is 1. The van der Waals surface area contributed by atoms with E-state index in [1.807, 2.05) is 24.3 Å². The number of unbranched alkanes of at least 4 members (excludes halogenated alkanes) is 1. The summed E-state index contributed by atoms with van der Waals surface area (Å²) >= 11 is 1.23. The standard InChI is InChI=1S/C19H24N4O3S/c1-2-3-10-21-13-4-6-14(7-5-13)23-12-15(26-19(23)25)11-22-18(24)16-8-9-17(20)27-16/h4-9,15,21H,2-3,10-12,20H2,1H3,(H,22,24). The van der Waals surface area contributed by atoms with Gasteiger partial charge in [0.25, 0.3) is 5.91 Å². The summed E-state index contributed by atoms with van der Waals surface area (Å²) in [4.78, 5) is 26.4. The number of nitrogens with two attached hydrogens (primary N) is 1. The molecule has 0 saturated carbocycles. The summed E-state index contributed by atoms with van der Waals surface area (Å²) in [5.74, 6) is -0.214. The molecule has 1 aliphatic heterocycles. The smallest absolute Gasteiger partial charge is 0.414 e. The minimum absolute atomic E-state index is 0.214. The molecule has 0 radical (unpaired) electrons. The van der Waals surface area contributed by atoms with E-state index in [2.05, 4.69) is 17.6 Å². The molecule has 1 aliphatic rings. The number of ether oxygens (including phenoxy) is 1. The van der Waals surface area contributed by atoms with Crippen LogP contribution in [0.1, 0.15) is 29.4 Å². The molecule has 27 heavy (non-hydrogen) atoms. The van der Waals surface area contributed by atoms with Crippen LogP contribution in [0.5, 0.6) is 0 Å². The monoisotopic (exact) mass is 388 g/mol. The van der Waals surface area contributed by atoms with Crippen molar-refractivity contribution >= 4 is 39.7 Å². The Labute approximate surface area is 162 Å². The van der Waals surface area contributed by atoms with Gasteiger partial charge in [-0.05, 0) is 42.8 Å². The lowest BCUT2D eigenvalue weighted by Crippen LogP contribution is -2.34. The predicted molar refractivity (Wildman–Crippen MR) is 109 cm³/mol. The van der Waals surface area contributed by atoms with E-state index in [1.54, 1.807) is 17.0 Å². The molecular formula is C19H24N4O3S. The zero-order chi connectivity index (χ0) is 19.2. The van der Waals surface area contributed by atoms with E-state index < -0.39 is 6.09 Å². The van der Waals surface area contributed by atoms with Gasteiger partial charge in [-0.15, -0.1) is 11.3 Å². The molecule has 3 rings (SSSR count). The Balaban J connectivity index is 1.51. The molecule has 7 nitrogen and oxygen atoms in total. The highest BCUT2D eigenvalue weighted by Crippen LogP contribution is 2.23. The first kappa shape index (κ1) is 19.0. The summed E-state index contributed by atoms with van der Waals surface area (Å²) in [6.45, 7) is 3.74. The van der Waals surface area contributed by atoms with E-state index in [-0.39, 0.29) is 18.6 Å². The molecule has 0 aliphatic carbocycles. The minimum atomic E-state index is -0.402. The first-order chi connectivity index (χ1) is 13.1. The van der Waals surface area contributed by atoms with E-state index in [1.165, 1.54) is 11.3 Å². The van der Waals surface area contributed by atoms with Crippen LogP contribution in [-0.2, 0) is 4.74 Å². The van der Waals surface area contributed by atoms with Crippen molar-refractivity contribution in [1.82, 2.24) is 5.32 Å². The maximum Gasteiger partial charge on any atom is 0.414 e. The molecule has 144 valence electrons. The largest absolute Gasteiger partial charge is 0.442 e. The number of carbonyl (C=O) groups excluding carboxylic acids is 2. The molecule has 8 heteroatoms. The number of anilines is 3. The maximum atomic E-state index is 12.2. The Bertz CT molecular complexity index is 791. The lowest BCUT2D eigenvalue weighted by Gasteiger charge is -2.14. The van der Waals surface area contributed by atoms with Crippen molar-refractivity contribution in [2.45, 2.75) is 25.9 Å². The molecule has 4 N–H and O–H groups in total. The number of carbonyl (C=O) groups is 2. The fourth-order valence-electron chi connectivity index (χ4n) is 2.78. The lowest BCUT2D eigenvalue weighted by molar-refractivity contribution is 0.0920. The molecule has 1 aromatic heterocycles. The zero-order valence-electron chi connectivity index (χ0n) is 15.2. The Hall–Kier alpha value is -2.74. The number of nitrogen functional groups attached to an aromatic ring is 1. The van der Waals surface area contributed by atoms with Crippen LogP contribution in [0.25, 0.3) is 0 Å². The van der Waals surface area contributed by atoms with Crippen LogP contribution in [0.3, 0.4) is 0 Å². The number of rotatable bonds is 8. The van der Waals surface area contributed by atoms with E-state index in [9.17, 15) is 9.59 Å². The van der Waals surface area contributed by atoms with Crippen LogP contribution >= 0.6 is 11.3 Å². The molecule has 1 saturated heterocycles. The van der Waals surface area contributed by atoms with Crippen LogP contribution in [0.4, 0.5) is 21.2 Å². The Morgan fingerprint density at radius 2 is 2.07 bits per heavy atom. The quantitative estimate of drug-likeness (QED) is 0.603. The van der Waals surface area contributed by atoms with Gasteiger partial charge in [0, 0.05) is 17.9 Å². The normalized spacial score (nSPS) is 16.3. The van der Waals surface area contributed by atoms with Crippen molar-refractivity contribution in [3.63, 3.8) is 0 Å². The zero-order valence-corrected chi connectivity index (χ0v) is 16.1. The summed E-state index contributed by atoms with van der Waals surface area (Å²) < 4.78 is 5.36. The van der Waals surface area contributed by atoms with E-state index in [0.29, 0.717) is 16.4 Å². The van der Waals surface area contributed by atoms with Crippen LogP contribution < -0.4 is 21.3 Å². The first-order valence-electron chi connectivity index (χ1n) is 9.02. The number of cyclic esters (lactones) is 1. The second kappa shape index (κ2) is 8.77. The van der Waals surface area contributed by atoms with Crippen LogP contribution in [0.15, 0.2) is 36.4 Å². The Morgan fingerprint density at radius 1 is 1.30 bits per heavy atom. The van der Waals surface area contributed by atoms with Crippen molar-refractivity contribution in [2.75, 3.05) is 35.6 Å². The summed E-state index contributed by atoms with van der Waals surface area (Å²) in [6, 6.07) is 11.1. The predicted octanol–water partition coefficient (Wildman–Crippen LogP) is 3.30. The molecule has 1 fully saturated rings. The third kappa shape index (κ3) is 4.91. The van der Waals surface area contributed by atoms with Gasteiger partial charge < -0.3 is 21.1 Å². The molecule has 1 unspecified atom stereocenters. The molecule has 2 amide bonds. The Kier molecular flexibility index (Phi) is 6.18. The number of amides is 2. The van der Waals surface area contributed by atoms with Crippen molar-refractivity contribution in [1.29, 1.82) is 0 Å². The highest BCUT2D eigenvalue weighted by Gasteiger charge is 2.32. The lowest BCUT2D eigenvalue weighted by atomic mass is 10.2. The SMILES string of the molecule is CCCCNc1ccc(N2CC(CNC(=O)c3ccc(N)s3)OC2=O)cc1. The van der Waals surface area contributed by atoms with Crippen molar-refractivity contribution in [2.24, 2.45) is 0 Å². The highest BCUT2D eigenvalue weighted by atomic mass is 32.1. The van der Waals surface area contributed by atoms with Gasteiger partial charge in [0.1, 0.15) is 6.10 Å². The summed E-state index contributed by atoms with van der Waals surface area (Å²) in [5.41, 5.74) is 7.44. The second-order valence-corrected chi connectivity index (χ2v) is 7.47. The van der Waals surface area contributed by atoms with Crippen LogP contribution in [0.2, 0.25) is 0 Å². The average molecular weight is 388 g/mol. The number of nitrogens with one attached hydrogen (secondary N) is 2. The Morgan fingerprint density at radius 3 is 2.74 bits per heavy atom.